The van der Waals surface area contributed by atoms with Crippen LogP contribution in [0.2, 0.25) is 0 Å². The van der Waals surface area contributed by atoms with Crippen molar-refractivity contribution in [1.82, 2.24) is 4.98 Å². The Morgan fingerprint density at radius 1 is 1.19 bits per heavy atom. The van der Waals surface area contributed by atoms with E-state index in [9.17, 15) is 4.79 Å². The maximum Gasteiger partial charge on any atom is 0.328 e. The first kappa shape index (κ1) is 14.8. The van der Waals surface area contributed by atoms with Gasteiger partial charge in [-0.2, -0.15) is 0 Å². The topological polar surface area (TPSA) is 59.4 Å². The van der Waals surface area contributed by atoms with E-state index in [1.807, 2.05) is 18.2 Å². The van der Waals surface area contributed by atoms with Crippen LogP contribution in [-0.4, -0.2) is 22.7 Å². The number of carboxylic acid groups (broad SMARTS) is 1. The third kappa shape index (κ3) is 5.48. The summed E-state index contributed by atoms with van der Waals surface area (Å²) in [5, 5.41) is 8.53. The molecule has 108 valence electrons. The van der Waals surface area contributed by atoms with Gasteiger partial charge in [-0.1, -0.05) is 30.3 Å². The highest BCUT2D eigenvalue weighted by Crippen LogP contribution is 2.11. The molecular weight excluding hydrogens is 266 g/mol. The van der Waals surface area contributed by atoms with Gasteiger partial charge in [0.15, 0.2) is 0 Å². The molecule has 0 unspecified atom stereocenters. The molecule has 0 atom stereocenters. The summed E-state index contributed by atoms with van der Waals surface area (Å²) in [5.74, 6) is -0.298. The van der Waals surface area contributed by atoms with Crippen LogP contribution in [0, 0.1) is 0 Å². The van der Waals surface area contributed by atoms with E-state index in [0.29, 0.717) is 18.1 Å². The Balaban J connectivity index is 1.75. The molecule has 0 bridgehead atoms. The van der Waals surface area contributed by atoms with Gasteiger partial charge >= 0.3 is 5.97 Å². The van der Waals surface area contributed by atoms with E-state index in [1.54, 1.807) is 18.3 Å². The highest BCUT2D eigenvalue weighted by atomic mass is 16.5. The maximum absolute atomic E-state index is 10.4. The number of benzene rings is 1. The van der Waals surface area contributed by atoms with Crippen molar-refractivity contribution in [3.63, 3.8) is 0 Å². The Labute approximate surface area is 123 Å². The molecule has 0 aliphatic carbocycles. The van der Waals surface area contributed by atoms with Gasteiger partial charge < -0.3 is 9.84 Å². The molecule has 0 spiro atoms. The third-order valence-corrected chi connectivity index (χ3v) is 2.88. The minimum atomic E-state index is -0.988. The van der Waals surface area contributed by atoms with Crippen LogP contribution in [0.15, 0.2) is 54.7 Å². The minimum absolute atomic E-state index is 0.592. The molecule has 0 saturated carbocycles. The summed E-state index contributed by atoms with van der Waals surface area (Å²) in [6.45, 7) is 0.626. The lowest BCUT2D eigenvalue weighted by molar-refractivity contribution is -0.131. The Kier molecular flexibility index (Phi) is 5.52. The second-order valence-electron chi connectivity index (χ2n) is 4.53. The molecule has 0 amide bonds. The molecule has 0 aliphatic rings. The first-order chi connectivity index (χ1) is 10.2. The number of rotatable bonds is 7. The summed E-state index contributed by atoms with van der Waals surface area (Å²) in [4.78, 5) is 14.5. The first-order valence-corrected chi connectivity index (χ1v) is 6.78. The predicted molar refractivity (Wildman–Crippen MR) is 81.2 cm³/mol. The van der Waals surface area contributed by atoms with Gasteiger partial charge in [0, 0.05) is 6.08 Å². The molecule has 4 heteroatoms. The van der Waals surface area contributed by atoms with Gasteiger partial charge in [-0.15, -0.1) is 0 Å². The van der Waals surface area contributed by atoms with Gasteiger partial charge in [-0.3, -0.25) is 4.98 Å². The fourth-order valence-electron chi connectivity index (χ4n) is 1.84. The van der Waals surface area contributed by atoms with Crippen molar-refractivity contribution < 1.29 is 14.6 Å². The predicted octanol–water partition coefficient (Wildman–Crippen LogP) is 3.19. The van der Waals surface area contributed by atoms with Crippen LogP contribution < -0.4 is 4.74 Å². The zero-order valence-electron chi connectivity index (χ0n) is 11.6. The van der Waals surface area contributed by atoms with E-state index in [1.165, 1.54) is 11.6 Å². The van der Waals surface area contributed by atoms with Gasteiger partial charge in [0.1, 0.15) is 5.75 Å². The molecule has 1 heterocycles. The molecule has 2 rings (SSSR count). The second-order valence-corrected chi connectivity index (χ2v) is 4.53. The van der Waals surface area contributed by atoms with Crippen LogP contribution in [0.4, 0.5) is 0 Å². The fraction of sp³-hybridized carbons (Fsp3) is 0.176. The van der Waals surface area contributed by atoms with Crippen molar-refractivity contribution in [3.8, 4) is 5.75 Å². The maximum atomic E-state index is 10.4. The average Bonchev–Trinajstić information content (AvgIpc) is 2.52. The zero-order valence-corrected chi connectivity index (χ0v) is 11.6. The van der Waals surface area contributed by atoms with Crippen molar-refractivity contribution in [3.05, 3.63) is 66.0 Å². The van der Waals surface area contributed by atoms with Crippen LogP contribution >= 0.6 is 0 Å². The van der Waals surface area contributed by atoms with Crippen LogP contribution in [0.3, 0.4) is 0 Å². The van der Waals surface area contributed by atoms with Crippen LogP contribution in [0.1, 0.15) is 17.7 Å². The van der Waals surface area contributed by atoms with Gasteiger partial charge in [0.2, 0.25) is 0 Å². The van der Waals surface area contributed by atoms with Crippen molar-refractivity contribution in [2.45, 2.75) is 12.8 Å². The largest absolute Gasteiger partial charge is 0.492 e. The average molecular weight is 283 g/mol. The summed E-state index contributed by atoms with van der Waals surface area (Å²) in [6.07, 6.45) is 6.02. The number of pyridine rings is 1. The number of aliphatic carboxylic acids is 1. The number of aryl methyl sites for hydroxylation is 1. The zero-order chi connectivity index (χ0) is 14.9. The standard InChI is InChI=1S/C17H17NO3/c19-17(20)11-9-15-8-10-16(13-18-15)21-12-4-7-14-5-2-1-3-6-14/h1-3,5-6,8-11,13H,4,7,12H2,(H,19,20). The van der Waals surface area contributed by atoms with Gasteiger partial charge in [-0.25, -0.2) is 4.79 Å². The summed E-state index contributed by atoms with van der Waals surface area (Å²) in [7, 11) is 0. The molecule has 0 aliphatic heterocycles. The summed E-state index contributed by atoms with van der Waals surface area (Å²) >= 11 is 0. The Bertz CT molecular complexity index is 591. The van der Waals surface area contributed by atoms with Gasteiger partial charge in [0.25, 0.3) is 0 Å². The second kappa shape index (κ2) is 7.85. The number of carbonyl (C=O) groups is 1. The highest BCUT2D eigenvalue weighted by molar-refractivity contribution is 5.84. The third-order valence-electron chi connectivity index (χ3n) is 2.88. The lowest BCUT2D eigenvalue weighted by Gasteiger charge is -2.06. The monoisotopic (exact) mass is 283 g/mol. The number of carboxylic acids is 1. The van der Waals surface area contributed by atoms with Crippen LogP contribution in [0.25, 0.3) is 6.08 Å². The Morgan fingerprint density at radius 2 is 2.00 bits per heavy atom. The lowest BCUT2D eigenvalue weighted by atomic mass is 10.1. The summed E-state index contributed by atoms with van der Waals surface area (Å²) in [5.41, 5.74) is 1.89. The van der Waals surface area contributed by atoms with E-state index >= 15 is 0 Å². The molecule has 1 N–H and O–H groups in total. The molecule has 0 radical (unpaired) electrons. The van der Waals surface area contributed by atoms with Crippen molar-refractivity contribution in [2.75, 3.05) is 6.61 Å². The summed E-state index contributed by atoms with van der Waals surface area (Å²) < 4.78 is 5.61. The minimum Gasteiger partial charge on any atom is -0.492 e. The Hall–Kier alpha value is -2.62. The summed E-state index contributed by atoms with van der Waals surface area (Å²) in [6, 6.07) is 13.8. The van der Waals surface area contributed by atoms with Crippen molar-refractivity contribution >= 4 is 12.0 Å². The molecule has 0 fully saturated rings. The normalized spacial score (nSPS) is 10.7. The number of hydrogen-bond donors (Lipinski definition) is 1. The number of ether oxygens (including phenoxy) is 1. The molecular formula is C17H17NO3. The van der Waals surface area contributed by atoms with Gasteiger partial charge in [-0.05, 0) is 36.6 Å². The molecule has 4 nitrogen and oxygen atoms in total. The number of aromatic nitrogens is 1. The smallest absolute Gasteiger partial charge is 0.328 e. The van der Waals surface area contributed by atoms with E-state index in [4.69, 9.17) is 9.84 Å². The molecule has 0 saturated heterocycles. The number of nitrogens with zero attached hydrogens (tertiary/aromatic N) is 1. The first-order valence-electron chi connectivity index (χ1n) is 6.78. The van der Waals surface area contributed by atoms with E-state index < -0.39 is 5.97 Å². The molecule has 1 aromatic heterocycles. The molecule has 21 heavy (non-hydrogen) atoms. The fourth-order valence-corrected chi connectivity index (χ4v) is 1.84. The number of hydrogen-bond acceptors (Lipinski definition) is 3. The SMILES string of the molecule is O=C(O)C=Cc1ccc(OCCCc2ccccc2)cn1. The van der Waals surface area contributed by atoms with Crippen molar-refractivity contribution in [2.24, 2.45) is 0 Å². The lowest BCUT2D eigenvalue weighted by Crippen LogP contribution is -1.99. The van der Waals surface area contributed by atoms with Crippen LogP contribution in [-0.2, 0) is 11.2 Å². The highest BCUT2D eigenvalue weighted by Gasteiger charge is 1.97. The van der Waals surface area contributed by atoms with E-state index in [2.05, 4.69) is 17.1 Å². The van der Waals surface area contributed by atoms with Crippen molar-refractivity contribution in [1.29, 1.82) is 0 Å². The van der Waals surface area contributed by atoms with Crippen LogP contribution in [0.5, 0.6) is 5.75 Å². The molecule has 1 aromatic carbocycles. The quantitative estimate of drug-likeness (QED) is 0.626. The van der Waals surface area contributed by atoms with Gasteiger partial charge in [0.05, 0.1) is 18.5 Å². The molecule has 2 aromatic rings. The van der Waals surface area contributed by atoms with E-state index in [-0.39, 0.29) is 0 Å². The van der Waals surface area contributed by atoms with E-state index in [0.717, 1.165) is 18.9 Å². The Morgan fingerprint density at radius 3 is 2.67 bits per heavy atom.